The Labute approximate surface area is 102 Å². The average Bonchev–Trinajstić information content (AvgIpc) is 2.76. The Morgan fingerprint density at radius 2 is 2.00 bits per heavy atom. The molecule has 1 N–H and O–H groups in total. The number of carbonyl (C=O) groups excluding carboxylic acids is 1. The van der Waals surface area contributed by atoms with E-state index in [-0.39, 0.29) is 29.8 Å². The third kappa shape index (κ3) is 2.11. The number of ether oxygens (including phenoxy) is 1. The van der Waals surface area contributed by atoms with Gasteiger partial charge < -0.3 is 9.84 Å². The summed E-state index contributed by atoms with van der Waals surface area (Å²) in [4.78, 5) is 22.0. The molecule has 5 heteroatoms. The number of carbonyl (C=O) groups is 2. The molecule has 2 bridgehead atoms. The van der Waals surface area contributed by atoms with Crippen LogP contribution in [0.1, 0.15) is 19.3 Å². The highest BCUT2D eigenvalue weighted by atomic mass is 127. The molecule has 0 saturated heterocycles. The Morgan fingerprint density at radius 3 is 2.47 bits per heavy atom. The molecule has 0 spiro atoms. The lowest BCUT2D eigenvalue weighted by molar-refractivity contribution is -0.150. The van der Waals surface area contributed by atoms with Crippen molar-refractivity contribution in [3.8, 4) is 0 Å². The van der Waals surface area contributed by atoms with Crippen molar-refractivity contribution >= 4 is 34.5 Å². The van der Waals surface area contributed by atoms with E-state index in [0.717, 1.165) is 12.8 Å². The second-order valence-corrected chi connectivity index (χ2v) is 5.10. The van der Waals surface area contributed by atoms with Gasteiger partial charge in [-0.3, -0.25) is 9.59 Å². The summed E-state index contributed by atoms with van der Waals surface area (Å²) in [6.07, 6.45) is 2.31. The van der Waals surface area contributed by atoms with Crippen molar-refractivity contribution in [1.29, 1.82) is 0 Å². The molecule has 0 amide bonds. The molecule has 0 aromatic carbocycles. The molecule has 0 aliphatic heterocycles. The van der Waals surface area contributed by atoms with Crippen LogP contribution in [0, 0.1) is 17.8 Å². The van der Waals surface area contributed by atoms with E-state index in [2.05, 4.69) is 0 Å². The van der Waals surface area contributed by atoms with Gasteiger partial charge in [-0.25, -0.2) is 0 Å². The van der Waals surface area contributed by atoms with Gasteiger partial charge in [0.1, 0.15) is 6.10 Å². The van der Waals surface area contributed by atoms with E-state index >= 15 is 0 Å². The highest BCUT2D eigenvalue weighted by Gasteiger charge is 2.50. The summed E-state index contributed by atoms with van der Waals surface area (Å²) in [6, 6.07) is 0. The molecule has 2 aliphatic rings. The molecule has 2 aliphatic carbocycles. The maximum Gasteiger partial charge on any atom is 0.316 e. The number of carboxylic acid groups (broad SMARTS) is 1. The summed E-state index contributed by atoms with van der Waals surface area (Å²) in [5, 5.41) is 8.94. The molecule has 0 aromatic rings. The first-order valence-electron chi connectivity index (χ1n) is 5.10. The molecule has 0 aromatic heterocycles. The predicted octanol–water partition coefficient (Wildman–Crippen LogP) is 1.46. The van der Waals surface area contributed by atoms with Crippen LogP contribution in [0.3, 0.4) is 0 Å². The second kappa shape index (κ2) is 4.27. The lowest BCUT2D eigenvalue weighted by Gasteiger charge is -2.25. The molecule has 0 heterocycles. The first kappa shape index (κ1) is 11.2. The Kier molecular flexibility index (Phi) is 3.18. The van der Waals surface area contributed by atoms with Crippen LogP contribution in [0.2, 0.25) is 0 Å². The van der Waals surface area contributed by atoms with Gasteiger partial charge in [0.05, 0.1) is 10.3 Å². The van der Waals surface area contributed by atoms with Crippen LogP contribution in [0.15, 0.2) is 0 Å². The number of aliphatic carboxylic acids is 1. The van der Waals surface area contributed by atoms with Gasteiger partial charge in [0, 0.05) is 0 Å². The van der Waals surface area contributed by atoms with Crippen molar-refractivity contribution in [1.82, 2.24) is 0 Å². The van der Waals surface area contributed by atoms with Gasteiger partial charge in [-0.15, -0.1) is 0 Å². The minimum atomic E-state index is -0.693. The predicted molar refractivity (Wildman–Crippen MR) is 60.7 cm³/mol. The molecule has 84 valence electrons. The highest BCUT2D eigenvalue weighted by molar-refractivity contribution is 14.1. The Balaban J connectivity index is 1.91. The molecule has 0 radical (unpaired) electrons. The summed E-state index contributed by atoms with van der Waals surface area (Å²) in [6.45, 7) is 0. The number of fused-ring (bicyclic) bond motifs is 2. The van der Waals surface area contributed by atoms with E-state index in [4.69, 9.17) is 9.84 Å². The van der Waals surface area contributed by atoms with Gasteiger partial charge in [-0.2, -0.15) is 0 Å². The molecule has 2 fully saturated rings. The van der Waals surface area contributed by atoms with E-state index in [1.807, 2.05) is 22.6 Å². The van der Waals surface area contributed by atoms with Crippen LogP contribution < -0.4 is 0 Å². The lowest BCUT2D eigenvalue weighted by atomic mass is 9.87. The van der Waals surface area contributed by atoms with Gasteiger partial charge in [0.2, 0.25) is 0 Å². The SMILES string of the molecule is O=C(CI)OC1CC2CC1CC2C(=O)O. The number of halogens is 1. The molecule has 2 saturated carbocycles. The lowest BCUT2D eigenvalue weighted by Crippen LogP contribution is -2.30. The number of esters is 1. The first-order valence-corrected chi connectivity index (χ1v) is 6.62. The minimum absolute atomic E-state index is 0.0205. The van der Waals surface area contributed by atoms with E-state index in [1.54, 1.807) is 0 Å². The van der Waals surface area contributed by atoms with E-state index < -0.39 is 5.97 Å². The number of alkyl halides is 1. The highest BCUT2D eigenvalue weighted by Crippen LogP contribution is 2.49. The topological polar surface area (TPSA) is 63.6 Å². The van der Waals surface area contributed by atoms with Crippen LogP contribution >= 0.6 is 22.6 Å². The fraction of sp³-hybridized carbons (Fsp3) is 0.800. The molecule has 15 heavy (non-hydrogen) atoms. The summed E-state index contributed by atoms with van der Waals surface area (Å²) in [7, 11) is 0. The second-order valence-electron chi connectivity index (χ2n) is 4.33. The van der Waals surface area contributed by atoms with Gasteiger partial charge in [-0.05, 0) is 31.1 Å². The quantitative estimate of drug-likeness (QED) is 0.485. The van der Waals surface area contributed by atoms with E-state index in [1.165, 1.54) is 0 Å². The van der Waals surface area contributed by atoms with Gasteiger partial charge in [0.25, 0.3) is 0 Å². The molecule has 4 nitrogen and oxygen atoms in total. The number of hydrogen-bond donors (Lipinski definition) is 1. The monoisotopic (exact) mass is 324 g/mol. The number of carboxylic acids is 1. The van der Waals surface area contributed by atoms with Crippen molar-refractivity contribution in [2.75, 3.05) is 4.43 Å². The zero-order valence-corrected chi connectivity index (χ0v) is 10.3. The van der Waals surface area contributed by atoms with Crippen LogP contribution in [0.5, 0.6) is 0 Å². The Bertz CT molecular complexity index is 291. The average molecular weight is 324 g/mol. The molecule has 4 unspecified atom stereocenters. The van der Waals surface area contributed by atoms with Crippen LogP contribution in [0.25, 0.3) is 0 Å². The summed E-state index contributed by atoms with van der Waals surface area (Å²) < 4.78 is 5.65. The zero-order valence-electron chi connectivity index (χ0n) is 8.19. The molecule has 2 rings (SSSR count). The fourth-order valence-corrected chi connectivity index (χ4v) is 3.05. The first-order chi connectivity index (χ1) is 7.11. The number of rotatable bonds is 3. The van der Waals surface area contributed by atoms with Gasteiger partial charge in [-0.1, -0.05) is 22.6 Å². The van der Waals surface area contributed by atoms with E-state index in [0.29, 0.717) is 10.8 Å². The largest absolute Gasteiger partial charge is 0.481 e. The van der Waals surface area contributed by atoms with Gasteiger partial charge in [0.15, 0.2) is 0 Å². The van der Waals surface area contributed by atoms with Crippen LogP contribution in [-0.2, 0) is 14.3 Å². The third-order valence-corrected chi connectivity index (χ3v) is 4.12. The third-order valence-electron chi connectivity index (χ3n) is 3.50. The summed E-state index contributed by atoms with van der Waals surface area (Å²) in [5.74, 6) is -0.576. The van der Waals surface area contributed by atoms with Crippen molar-refractivity contribution < 1.29 is 19.4 Å². The van der Waals surface area contributed by atoms with Gasteiger partial charge >= 0.3 is 11.9 Å². The smallest absolute Gasteiger partial charge is 0.316 e. The van der Waals surface area contributed by atoms with Crippen LogP contribution in [-0.4, -0.2) is 27.6 Å². The molecule has 4 atom stereocenters. The zero-order chi connectivity index (χ0) is 11.0. The fourth-order valence-electron chi connectivity index (χ4n) is 2.87. The number of hydrogen-bond acceptors (Lipinski definition) is 3. The van der Waals surface area contributed by atoms with Crippen molar-refractivity contribution in [3.05, 3.63) is 0 Å². The maximum atomic E-state index is 11.1. The molecular weight excluding hydrogens is 311 g/mol. The normalized spacial score (nSPS) is 37.9. The maximum absolute atomic E-state index is 11.1. The van der Waals surface area contributed by atoms with E-state index in [9.17, 15) is 9.59 Å². The van der Waals surface area contributed by atoms with Crippen molar-refractivity contribution in [3.63, 3.8) is 0 Å². The van der Waals surface area contributed by atoms with Crippen LogP contribution in [0.4, 0.5) is 0 Å². The minimum Gasteiger partial charge on any atom is -0.481 e. The summed E-state index contributed by atoms with van der Waals surface area (Å²) in [5.41, 5.74) is 0. The van der Waals surface area contributed by atoms with Crippen molar-refractivity contribution in [2.45, 2.75) is 25.4 Å². The Hall–Kier alpha value is -0.330. The van der Waals surface area contributed by atoms with Crippen molar-refractivity contribution in [2.24, 2.45) is 17.8 Å². The Morgan fingerprint density at radius 1 is 1.27 bits per heavy atom. The standard InChI is InChI=1S/C10H13IO4/c11-4-9(12)15-8-3-5-1-6(8)2-7(5)10(13)14/h5-8H,1-4H2,(H,13,14). The molecular formula is C10H13IO4. The summed E-state index contributed by atoms with van der Waals surface area (Å²) >= 11 is 1.98.